The predicted octanol–water partition coefficient (Wildman–Crippen LogP) is 4.59. The molecule has 2 aromatic carbocycles. The number of rotatable bonds is 4. The van der Waals surface area contributed by atoms with Crippen molar-refractivity contribution in [3.8, 4) is 5.75 Å². The molecule has 0 aromatic heterocycles. The number of para-hydroxylation sites is 1. The van der Waals surface area contributed by atoms with Crippen molar-refractivity contribution in [2.75, 3.05) is 26.7 Å². The summed E-state index contributed by atoms with van der Waals surface area (Å²) in [6.45, 7) is 2.72. The van der Waals surface area contributed by atoms with Crippen LogP contribution >= 0.6 is 23.2 Å². The number of hydrogen-bond donors (Lipinski definition) is 0. The molecule has 2 aliphatic heterocycles. The van der Waals surface area contributed by atoms with Crippen molar-refractivity contribution in [1.82, 2.24) is 9.80 Å². The fraction of sp³-hybridized carbons (Fsp3) is 0.409. The third kappa shape index (κ3) is 3.86. The van der Waals surface area contributed by atoms with E-state index >= 15 is 0 Å². The first-order valence-corrected chi connectivity index (χ1v) is 10.5. The lowest BCUT2D eigenvalue weighted by molar-refractivity contribution is -0.133. The summed E-state index contributed by atoms with van der Waals surface area (Å²) in [6.07, 6.45) is 2.69. The second kappa shape index (κ2) is 8.32. The number of ether oxygens (including phenoxy) is 1. The summed E-state index contributed by atoms with van der Waals surface area (Å²) in [5.74, 6) is 0.932. The molecular formula is C22H24Cl2N2O2. The molecule has 1 fully saturated rings. The van der Waals surface area contributed by atoms with E-state index in [1.807, 2.05) is 36.2 Å². The zero-order valence-corrected chi connectivity index (χ0v) is 17.4. The van der Waals surface area contributed by atoms with Gasteiger partial charge < -0.3 is 9.64 Å². The van der Waals surface area contributed by atoms with Gasteiger partial charge in [-0.1, -0.05) is 47.5 Å². The van der Waals surface area contributed by atoms with Gasteiger partial charge in [-0.15, -0.1) is 0 Å². The van der Waals surface area contributed by atoms with Gasteiger partial charge in [-0.05, 0) is 49.7 Å². The fourth-order valence-corrected chi connectivity index (χ4v) is 4.60. The molecule has 28 heavy (non-hydrogen) atoms. The highest BCUT2D eigenvalue weighted by Gasteiger charge is 2.39. The van der Waals surface area contributed by atoms with E-state index in [1.54, 1.807) is 12.1 Å². The predicted molar refractivity (Wildman–Crippen MR) is 112 cm³/mol. The lowest BCUT2D eigenvalue weighted by Crippen LogP contribution is -2.51. The largest absolute Gasteiger partial charge is 0.491 e. The van der Waals surface area contributed by atoms with E-state index < -0.39 is 0 Å². The summed E-state index contributed by atoms with van der Waals surface area (Å²) in [5, 5.41) is 0.972. The number of halogens is 2. The number of likely N-dealkylation sites (N-methyl/N-ethyl adjacent to an activating group) is 1. The Morgan fingerprint density at radius 2 is 1.89 bits per heavy atom. The van der Waals surface area contributed by atoms with Crippen LogP contribution in [0.4, 0.5) is 0 Å². The van der Waals surface area contributed by atoms with Gasteiger partial charge in [0.2, 0.25) is 5.91 Å². The minimum absolute atomic E-state index is 0.0293. The second-order valence-electron chi connectivity index (χ2n) is 7.53. The van der Waals surface area contributed by atoms with E-state index in [-0.39, 0.29) is 18.0 Å². The topological polar surface area (TPSA) is 32.8 Å². The van der Waals surface area contributed by atoms with Gasteiger partial charge in [0.15, 0.2) is 0 Å². The molecule has 0 N–H and O–H groups in total. The Morgan fingerprint density at radius 3 is 2.64 bits per heavy atom. The van der Waals surface area contributed by atoms with Crippen molar-refractivity contribution in [3.63, 3.8) is 0 Å². The van der Waals surface area contributed by atoms with Gasteiger partial charge in [-0.3, -0.25) is 9.69 Å². The molecule has 0 bridgehead atoms. The number of fused-ring (bicyclic) bond motifs is 1. The molecule has 0 radical (unpaired) electrons. The first-order chi connectivity index (χ1) is 13.5. The van der Waals surface area contributed by atoms with Crippen LogP contribution in [0.25, 0.3) is 0 Å². The van der Waals surface area contributed by atoms with Crippen LogP contribution in [-0.4, -0.2) is 48.5 Å². The first-order valence-electron chi connectivity index (χ1n) is 9.70. The number of nitrogens with zero attached hydrogens (tertiary/aromatic N) is 2. The fourth-order valence-electron chi connectivity index (χ4n) is 4.28. The van der Waals surface area contributed by atoms with Crippen LogP contribution < -0.4 is 4.74 Å². The van der Waals surface area contributed by atoms with Crippen molar-refractivity contribution in [1.29, 1.82) is 0 Å². The minimum atomic E-state index is -0.0293. The van der Waals surface area contributed by atoms with E-state index in [0.29, 0.717) is 23.1 Å². The number of hydrogen-bond acceptors (Lipinski definition) is 3. The summed E-state index contributed by atoms with van der Waals surface area (Å²) < 4.78 is 6.04. The Hall–Kier alpha value is -1.75. The van der Waals surface area contributed by atoms with Gasteiger partial charge in [0.25, 0.3) is 0 Å². The number of carbonyl (C=O) groups excluding carboxylic acids is 1. The molecule has 2 heterocycles. The number of likely N-dealkylation sites (tertiary alicyclic amines) is 1. The molecule has 0 unspecified atom stereocenters. The summed E-state index contributed by atoms with van der Waals surface area (Å²) in [6, 6.07) is 13.6. The van der Waals surface area contributed by atoms with Crippen LogP contribution in [0.5, 0.6) is 5.75 Å². The number of benzene rings is 2. The first kappa shape index (κ1) is 19.6. The van der Waals surface area contributed by atoms with Crippen molar-refractivity contribution < 1.29 is 9.53 Å². The Labute approximate surface area is 176 Å². The number of carbonyl (C=O) groups is 1. The normalized spacial score (nSPS) is 21.8. The van der Waals surface area contributed by atoms with Crippen LogP contribution in [0, 0.1) is 0 Å². The molecule has 0 aliphatic carbocycles. The molecule has 4 rings (SSSR count). The van der Waals surface area contributed by atoms with Gasteiger partial charge in [0, 0.05) is 12.6 Å². The van der Waals surface area contributed by atoms with Crippen LogP contribution in [-0.2, 0) is 11.2 Å². The monoisotopic (exact) mass is 418 g/mol. The zero-order valence-electron chi connectivity index (χ0n) is 15.9. The van der Waals surface area contributed by atoms with Crippen molar-refractivity contribution >= 4 is 29.1 Å². The lowest BCUT2D eigenvalue weighted by atomic mass is 9.93. The molecule has 4 nitrogen and oxygen atoms in total. The molecule has 2 atom stereocenters. The summed E-state index contributed by atoms with van der Waals surface area (Å²) in [4.78, 5) is 17.5. The highest BCUT2D eigenvalue weighted by Crippen LogP contribution is 2.38. The quantitative estimate of drug-likeness (QED) is 0.727. The SMILES string of the molecule is CN(C(=O)Cc1ccc(Cl)c(Cl)c1)[C@@H]1c2ccccc2OC[C@H]1N1CCCC1. The van der Waals surface area contributed by atoms with Gasteiger partial charge in [-0.25, -0.2) is 0 Å². The lowest BCUT2D eigenvalue weighted by Gasteiger charge is -2.43. The average molecular weight is 419 g/mol. The highest BCUT2D eigenvalue weighted by atomic mass is 35.5. The summed E-state index contributed by atoms with van der Waals surface area (Å²) in [5.41, 5.74) is 1.94. The Morgan fingerprint density at radius 1 is 1.14 bits per heavy atom. The minimum Gasteiger partial charge on any atom is -0.491 e. The molecule has 6 heteroatoms. The zero-order chi connectivity index (χ0) is 19.7. The van der Waals surface area contributed by atoms with Crippen LogP contribution in [0.1, 0.15) is 30.0 Å². The maximum absolute atomic E-state index is 13.2. The maximum atomic E-state index is 13.2. The van der Waals surface area contributed by atoms with Crippen LogP contribution in [0.3, 0.4) is 0 Å². The molecular weight excluding hydrogens is 395 g/mol. The molecule has 1 amide bonds. The van der Waals surface area contributed by atoms with Gasteiger partial charge in [0.1, 0.15) is 12.4 Å². The second-order valence-corrected chi connectivity index (χ2v) is 8.35. The molecule has 148 valence electrons. The van der Waals surface area contributed by atoms with Gasteiger partial charge in [0.05, 0.1) is 28.5 Å². The standard InChI is InChI=1S/C22H24Cl2N2O2/c1-25(21(27)13-15-8-9-17(23)18(24)12-15)22-16-6-2-3-7-20(16)28-14-19(22)26-10-4-5-11-26/h2-3,6-9,12,19,22H,4-5,10-11,13-14H2,1H3/t19-,22-/m1/s1. The number of amides is 1. The molecule has 2 aliphatic rings. The van der Waals surface area contributed by atoms with Crippen molar-refractivity contribution in [2.45, 2.75) is 31.3 Å². The van der Waals surface area contributed by atoms with Crippen molar-refractivity contribution in [2.24, 2.45) is 0 Å². The van der Waals surface area contributed by atoms with Gasteiger partial charge in [-0.2, -0.15) is 0 Å². The van der Waals surface area contributed by atoms with E-state index in [0.717, 1.165) is 30.0 Å². The summed E-state index contributed by atoms with van der Waals surface area (Å²) >= 11 is 12.1. The highest BCUT2D eigenvalue weighted by molar-refractivity contribution is 6.42. The third-order valence-corrected chi connectivity index (χ3v) is 6.51. The van der Waals surface area contributed by atoms with Gasteiger partial charge >= 0.3 is 0 Å². The Kier molecular flexibility index (Phi) is 5.81. The van der Waals surface area contributed by atoms with E-state index in [2.05, 4.69) is 11.0 Å². The smallest absolute Gasteiger partial charge is 0.227 e. The van der Waals surface area contributed by atoms with E-state index in [4.69, 9.17) is 27.9 Å². The van der Waals surface area contributed by atoms with Crippen LogP contribution in [0.2, 0.25) is 10.0 Å². The Bertz CT molecular complexity index is 867. The molecule has 1 saturated heterocycles. The Balaban J connectivity index is 1.60. The maximum Gasteiger partial charge on any atom is 0.227 e. The molecule has 0 spiro atoms. The molecule has 2 aromatic rings. The van der Waals surface area contributed by atoms with Crippen molar-refractivity contribution in [3.05, 3.63) is 63.6 Å². The summed E-state index contributed by atoms with van der Waals surface area (Å²) in [7, 11) is 1.90. The third-order valence-electron chi connectivity index (χ3n) is 5.77. The van der Waals surface area contributed by atoms with E-state index in [1.165, 1.54) is 12.8 Å². The molecule has 0 saturated carbocycles. The average Bonchev–Trinajstić information content (AvgIpc) is 3.24. The van der Waals surface area contributed by atoms with Crippen LogP contribution in [0.15, 0.2) is 42.5 Å². The van der Waals surface area contributed by atoms with E-state index in [9.17, 15) is 4.79 Å².